The van der Waals surface area contributed by atoms with Crippen LogP contribution in [0, 0.1) is 12.7 Å². The molecule has 144 valence electrons. The number of amides is 1. The van der Waals surface area contributed by atoms with Crippen LogP contribution < -0.4 is 11.1 Å². The molecule has 1 aromatic heterocycles. The summed E-state index contributed by atoms with van der Waals surface area (Å²) in [4.78, 5) is 24.2. The van der Waals surface area contributed by atoms with E-state index in [2.05, 4.69) is 10.4 Å². The Hall–Kier alpha value is -3.68. The van der Waals surface area contributed by atoms with Gasteiger partial charge in [-0.2, -0.15) is 5.10 Å². The number of hydrogen-bond acceptors (Lipinski definition) is 5. The van der Waals surface area contributed by atoms with E-state index in [-0.39, 0.29) is 29.7 Å². The van der Waals surface area contributed by atoms with Crippen molar-refractivity contribution in [3.8, 4) is 5.69 Å². The number of ether oxygens (including phenoxy) is 1. The standard InChI is InChI=1S/C20H19FN4O3/c1-3-28-20(27)16-11-23-25(18(16)22)15-8-5-13(6-9-15)19(26)24-14-7-4-12(2)17(21)10-14/h4-11H,3,22H2,1-2H3,(H,24,26). The first-order valence-corrected chi connectivity index (χ1v) is 8.59. The Balaban J connectivity index is 1.77. The van der Waals surface area contributed by atoms with E-state index in [1.807, 2.05) is 0 Å². The molecule has 0 spiro atoms. The highest BCUT2D eigenvalue weighted by atomic mass is 19.1. The first-order valence-electron chi connectivity index (χ1n) is 8.59. The molecule has 0 unspecified atom stereocenters. The Morgan fingerprint density at radius 2 is 1.93 bits per heavy atom. The summed E-state index contributed by atoms with van der Waals surface area (Å²) in [6.45, 7) is 3.58. The highest BCUT2D eigenvalue weighted by Gasteiger charge is 2.17. The fraction of sp³-hybridized carbons (Fsp3) is 0.150. The van der Waals surface area contributed by atoms with Gasteiger partial charge in [-0.15, -0.1) is 0 Å². The molecule has 7 nitrogen and oxygen atoms in total. The summed E-state index contributed by atoms with van der Waals surface area (Å²) < 4.78 is 19.9. The summed E-state index contributed by atoms with van der Waals surface area (Å²) in [6, 6.07) is 10.9. The van der Waals surface area contributed by atoms with Gasteiger partial charge >= 0.3 is 5.97 Å². The molecule has 0 saturated heterocycles. The second-order valence-electron chi connectivity index (χ2n) is 6.04. The zero-order chi connectivity index (χ0) is 20.3. The first kappa shape index (κ1) is 19.1. The Kier molecular flexibility index (Phi) is 5.39. The largest absolute Gasteiger partial charge is 0.462 e. The molecule has 0 atom stereocenters. The van der Waals surface area contributed by atoms with E-state index in [1.165, 1.54) is 16.9 Å². The van der Waals surface area contributed by atoms with Gasteiger partial charge in [0.2, 0.25) is 0 Å². The van der Waals surface area contributed by atoms with Crippen molar-refractivity contribution >= 4 is 23.4 Å². The van der Waals surface area contributed by atoms with E-state index in [0.29, 0.717) is 22.5 Å². The monoisotopic (exact) mass is 382 g/mol. The summed E-state index contributed by atoms with van der Waals surface area (Å²) >= 11 is 0. The summed E-state index contributed by atoms with van der Waals surface area (Å²) in [7, 11) is 0. The summed E-state index contributed by atoms with van der Waals surface area (Å²) in [5.41, 5.74) is 7.97. The molecule has 0 fully saturated rings. The van der Waals surface area contributed by atoms with Gasteiger partial charge in [0.05, 0.1) is 18.5 Å². The van der Waals surface area contributed by atoms with E-state index in [1.54, 1.807) is 50.2 Å². The lowest BCUT2D eigenvalue weighted by Crippen LogP contribution is -2.12. The minimum Gasteiger partial charge on any atom is -0.462 e. The molecule has 0 aliphatic heterocycles. The maximum Gasteiger partial charge on any atom is 0.343 e. The molecule has 0 saturated carbocycles. The number of benzene rings is 2. The molecule has 2 aromatic carbocycles. The predicted molar refractivity (Wildman–Crippen MR) is 103 cm³/mol. The van der Waals surface area contributed by atoms with Crippen LogP contribution in [0.25, 0.3) is 5.69 Å². The number of nitrogen functional groups attached to an aromatic ring is 1. The minimum atomic E-state index is -0.549. The van der Waals surface area contributed by atoms with Crippen LogP contribution in [0.3, 0.4) is 0 Å². The van der Waals surface area contributed by atoms with Crippen molar-refractivity contribution in [1.29, 1.82) is 0 Å². The van der Waals surface area contributed by atoms with Crippen LogP contribution in [0.1, 0.15) is 33.2 Å². The lowest BCUT2D eigenvalue weighted by atomic mass is 10.1. The third kappa shape index (κ3) is 3.85. The second kappa shape index (κ2) is 7.91. The van der Waals surface area contributed by atoms with E-state index in [0.717, 1.165) is 0 Å². The quantitative estimate of drug-likeness (QED) is 0.660. The van der Waals surface area contributed by atoms with Gasteiger partial charge in [-0.1, -0.05) is 6.07 Å². The third-order valence-corrected chi connectivity index (χ3v) is 4.11. The van der Waals surface area contributed by atoms with Crippen molar-refractivity contribution < 1.29 is 18.7 Å². The van der Waals surface area contributed by atoms with Crippen LogP contribution in [-0.2, 0) is 4.74 Å². The Morgan fingerprint density at radius 1 is 1.21 bits per heavy atom. The fourth-order valence-electron chi connectivity index (χ4n) is 2.56. The van der Waals surface area contributed by atoms with Crippen molar-refractivity contribution in [2.45, 2.75) is 13.8 Å². The zero-order valence-corrected chi connectivity index (χ0v) is 15.4. The van der Waals surface area contributed by atoms with Gasteiger partial charge in [-0.05, 0) is 55.8 Å². The third-order valence-electron chi connectivity index (χ3n) is 4.11. The number of carbonyl (C=O) groups is 2. The first-order chi connectivity index (χ1) is 13.4. The minimum absolute atomic E-state index is 0.144. The summed E-state index contributed by atoms with van der Waals surface area (Å²) in [5.74, 6) is -1.17. The van der Waals surface area contributed by atoms with Gasteiger partial charge in [0.25, 0.3) is 5.91 Å². The van der Waals surface area contributed by atoms with E-state index in [4.69, 9.17) is 10.5 Å². The number of anilines is 2. The molecule has 3 rings (SSSR count). The molecule has 1 heterocycles. The molecule has 0 aliphatic rings. The molecule has 8 heteroatoms. The average Bonchev–Trinajstić information content (AvgIpc) is 3.06. The van der Waals surface area contributed by atoms with Gasteiger partial charge in [0, 0.05) is 11.3 Å². The molecule has 0 radical (unpaired) electrons. The molecular formula is C20H19FN4O3. The Bertz CT molecular complexity index is 1030. The normalized spacial score (nSPS) is 10.5. The number of rotatable bonds is 5. The summed E-state index contributed by atoms with van der Waals surface area (Å²) in [5, 5.41) is 6.74. The van der Waals surface area contributed by atoms with Crippen LogP contribution in [0.2, 0.25) is 0 Å². The molecular weight excluding hydrogens is 363 g/mol. The highest BCUT2D eigenvalue weighted by molar-refractivity contribution is 6.04. The zero-order valence-electron chi connectivity index (χ0n) is 15.4. The number of hydrogen-bond donors (Lipinski definition) is 2. The van der Waals surface area contributed by atoms with Crippen molar-refractivity contribution in [1.82, 2.24) is 9.78 Å². The second-order valence-corrected chi connectivity index (χ2v) is 6.04. The maximum absolute atomic E-state index is 13.6. The van der Waals surface area contributed by atoms with Gasteiger partial charge in [-0.25, -0.2) is 13.9 Å². The van der Waals surface area contributed by atoms with Crippen LogP contribution in [0.4, 0.5) is 15.9 Å². The lowest BCUT2D eigenvalue weighted by Gasteiger charge is -2.08. The number of esters is 1. The van der Waals surface area contributed by atoms with Crippen LogP contribution in [0.5, 0.6) is 0 Å². The van der Waals surface area contributed by atoms with Crippen molar-refractivity contribution in [3.63, 3.8) is 0 Å². The number of nitrogens with one attached hydrogen (secondary N) is 1. The highest BCUT2D eigenvalue weighted by Crippen LogP contribution is 2.19. The van der Waals surface area contributed by atoms with Gasteiger partial charge in [-0.3, -0.25) is 4.79 Å². The van der Waals surface area contributed by atoms with Crippen molar-refractivity contribution in [2.75, 3.05) is 17.7 Å². The van der Waals surface area contributed by atoms with E-state index in [9.17, 15) is 14.0 Å². The molecule has 1 amide bonds. The molecule has 3 N–H and O–H groups in total. The van der Waals surface area contributed by atoms with Crippen molar-refractivity contribution in [2.24, 2.45) is 0 Å². The SMILES string of the molecule is CCOC(=O)c1cnn(-c2ccc(C(=O)Nc3ccc(C)c(F)c3)cc2)c1N. The average molecular weight is 382 g/mol. The van der Waals surface area contributed by atoms with Gasteiger partial charge in [0.15, 0.2) is 0 Å². The number of nitrogens with two attached hydrogens (primary N) is 1. The molecule has 0 bridgehead atoms. The maximum atomic E-state index is 13.6. The Morgan fingerprint density at radius 3 is 2.57 bits per heavy atom. The number of nitrogens with zero attached hydrogens (tertiary/aromatic N) is 2. The lowest BCUT2D eigenvalue weighted by molar-refractivity contribution is 0.0527. The Labute approximate surface area is 160 Å². The van der Waals surface area contributed by atoms with Crippen molar-refractivity contribution in [3.05, 3.63) is 71.2 Å². The van der Waals surface area contributed by atoms with E-state index >= 15 is 0 Å². The summed E-state index contributed by atoms with van der Waals surface area (Å²) in [6.07, 6.45) is 1.33. The smallest absolute Gasteiger partial charge is 0.343 e. The molecule has 0 aliphatic carbocycles. The number of aryl methyl sites for hydroxylation is 1. The topological polar surface area (TPSA) is 99.2 Å². The predicted octanol–water partition coefficient (Wildman–Crippen LogP) is 3.33. The molecule has 3 aromatic rings. The van der Waals surface area contributed by atoms with Gasteiger partial charge < -0.3 is 15.8 Å². The molecule has 28 heavy (non-hydrogen) atoms. The fourth-order valence-corrected chi connectivity index (χ4v) is 2.56. The van der Waals surface area contributed by atoms with Crippen LogP contribution >= 0.6 is 0 Å². The number of aromatic nitrogens is 2. The van der Waals surface area contributed by atoms with Crippen LogP contribution in [0.15, 0.2) is 48.7 Å². The number of carbonyl (C=O) groups excluding carboxylic acids is 2. The van der Waals surface area contributed by atoms with E-state index < -0.39 is 5.97 Å². The van der Waals surface area contributed by atoms with Crippen LogP contribution in [-0.4, -0.2) is 28.3 Å². The van der Waals surface area contributed by atoms with Gasteiger partial charge in [0.1, 0.15) is 17.2 Å². The number of halogens is 1.